The van der Waals surface area contributed by atoms with Crippen molar-refractivity contribution in [1.29, 1.82) is 0 Å². The average Bonchev–Trinajstić information content (AvgIpc) is 2.69. The van der Waals surface area contributed by atoms with E-state index in [1.807, 2.05) is 36.4 Å². The number of fused-ring (bicyclic) bond motifs is 1. The summed E-state index contributed by atoms with van der Waals surface area (Å²) in [6, 6.07) is 18.6. The van der Waals surface area contributed by atoms with Gasteiger partial charge in [-0.25, -0.2) is 9.18 Å². The van der Waals surface area contributed by atoms with Crippen LogP contribution in [0.4, 0.5) is 4.39 Å². The average molecular weight is 376 g/mol. The van der Waals surface area contributed by atoms with E-state index in [-0.39, 0.29) is 5.56 Å². The normalized spacial score (nSPS) is 15.4. The smallest absolute Gasteiger partial charge is 0.336 e. The Labute approximate surface area is 161 Å². The molecule has 1 heterocycles. The Morgan fingerprint density at radius 3 is 2.57 bits per heavy atom. The molecule has 0 spiro atoms. The van der Waals surface area contributed by atoms with Gasteiger partial charge in [-0.3, -0.25) is 0 Å². The summed E-state index contributed by atoms with van der Waals surface area (Å²) in [4.78, 5) is 11.5. The molecule has 5 heteroatoms. The molecule has 0 bridgehead atoms. The quantitative estimate of drug-likeness (QED) is 0.702. The molecule has 1 aliphatic heterocycles. The molecule has 1 atom stereocenters. The van der Waals surface area contributed by atoms with Gasteiger partial charge in [-0.2, -0.15) is 0 Å². The lowest BCUT2D eigenvalue weighted by atomic mass is 9.95. The van der Waals surface area contributed by atoms with Crippen LogP contribution in [0.25, 0.3) is 17.2 Å². The molecule has 0 amide bonds. The predicted molar refractivity (Wildman–Crippen MR) is 104 cm³/mol. The number of aromatic carboxylic acids is 1. The molecule has 4 nitrogen and oxygen atoms in total. The highest BCUT2D eigenvalue weighted by atomic mass is 19.1. The zero-order valence-corrected chi connectivity index (χ0v) is 14.8. The van der Waals surface area contributed by atoms with E-state index < -0.39 is 18.1 Å². The van der Waals surface area contributed by atoms with Crippen molar-refractivity contribution in [3.63, 3.8) is 0 Å². The molecule has 3 aromatic rings. The Hall–Kier alpha value is -3.44. The molecule has 4 rings (SSSR count). The third-order valence-corrected chi connectivity index (χ3v) is 4.68. The first-order chi connectivity index (χ1) is 13.5. The number of ether oxygens (including phenoxy) is 1. The lowest BCUT2D eigenvalue weighted by Gasteiger charge is -2.24. The Kier molecular flexibility index (Phi) is 4.67. The second-order valence-electron chi connectivity index (χ2n) is 6.60. The summed E-state index contributed by atoms with van der Waals surface area (Å²) >= 11 is 0. The number of carbonyl (C=O) groups is 1. The van der Waals surface area contributed by atoms with E-state index in [1.54, 1.807) is 18.2 Å². The summed E-state index contributed by atoms with van der Waals surface area (Å²) in [6.45, 7) is 0. The zero-order valence-electron chi connectivity index (χ0n) is 14.8. The Balaban J connectivity index is 1.70. The summed E-state index contributed by atoms with van der Waals surface area (Å²) in [5, 5.41) is 19.7. The van der Waals surface area contributed by atoms with E-state index in [9.17, 15) is 19.4 Å². The van der Waals surface area contributed by atoms with Crippen LogP contribution in [0.1, 0.15) is 21.5 Å². The number of hydrogen-bond acceptors (Lipinski definition) is 3. The van der Waals surface area contributed by atoms with Crippen molar-refractivity contribution in [2.24, 2.45) is 0 Å². The Morgan fingerprint density at radius 2 is 1.82 bits per heavy atom. The van der Waals surface area contributed by atoms with Crippen molar-refractivity contribution in [3.8, 4) is 16.9 Å². The van der Waals surface area contributed by atoms with Gasteiger partial charge in [0, 0.05) is 11.1 Å². The van der Waals surface area contributed by atoms with Crippen LogP contribution in [0.2, 0.25) is 0 Å². The Morgan fingerprint density at radius 1 is 1.04 bits per heavy atom. The van der Waals surface area contributed by atoms with Gasteiger partial charge in [-0.15, -0.1) is 0 Å². The van der Waals surface area contributed by atoms with Gasteiger partial charge in [0.05, 0.1) is 5.56 Å². The highest BCUT2D eigenvalue weighted by Crippen LogP contribution is 2.35. The van der Waals surface area contributed by atoms with Gasteiger partial charge in [-0.1, -0.05) is 48.5 Å². The minimum atomic E-state index is -1.21. The van der Waals surface area contributed by atoms with E-state index in [0.717, 1.165) is 22.8 Å². The van der Waals surface area contributed by atoms with Crippen molar-refractivity contribution >= 4 is 12.0 Å². The lowest BCUT2D eigenvalue weighted by molar-refractivity contribution is 0.0112. The number of aliphatic hydroxyl groups excluding tert-OH is 1. The van der Waals surface area contributed by atoms with Crippen LogP contribution in [0.15, 0.2) is 72.3 Å². The predicted octanol–water partition coefficient (Wildman–Crippen LogP) is 4.53. The van der Waals surface area contributed by atoms with Crippen LogP contribution >= 0.6 is 0 Å². The van der Waals surface area contributed by atoms with E-state index >= 15 is 0 Å². The van der Waals surface area contributed by atoms with Crippen LogP contribution in [0.3, 0.4) is 0 Å². The number of benzene rings is 3. The van der Waals surface area contributed by atoms with E-state index in [0.29, 0.717) is 23.3 Å². The van der Waals surface area contributed by atoms with Crippen LogP contribution < -0.4 is 4.74 Å². The molecule has 0 radical (unpaired) electrons. The molecule has 2 N–H and O–H groups in total. The lowest BCUT2D eigenvalue weighted by Crippen LogP contribution is -2.23. The van der Waals surface area contributed by atoms with Crippen molar-refractivity contribution in [2.75, 3.05) is 0 Å². The van der Waals surface area contributed by atoms with Crippen LogP contribution in [0.5, 0.6) is 5.75 Å². The SMILES string of the molecule is O=C(O)c1cc(F)ccc1-c1ccc2c(c1)OC(O)C(Cc1ccccc1)=C2. The van der Waals surface area contributed by atoms with Gasteiger partial charge in [0.1, 0.15) is 11.6 Å². The fraction of sp³-hybridized carbons (Fsp3) is 0.0870. The molecule has 0 saturated heterocycles. The number of rotatable bonds is 4. The molecule has 0 aliphatic carbocycles. The van der Waals surface area contributed by atoms with Crippen molar-refractivity contribution in [1.82, 2.24) is 0 Å². The topological polar surface area (TPSA) is 66.8 Å². The second-order valence-corrected chi connectivity index (χ2v) is 6.60. The van der Waals surface area contributed by atoms with Crippen LogP contribution in [0, 0.1) is 5.82 Å². The summed E-state index contributed by atoms with van der Waals surface area (Å²) < 4.78 is 19.1. The number of carboxylic acids is 1. The molecular weight excluding hydrogens is 359 g/mol. The van der Waals surface area contributed by atoms with Gasteiger partial charge < -0.3 is 14.9 Å². The second kappa shape index (κ2) is 7.29. The highest BCUT2D eigenvalue weighted by Gasteiger charge is 2.22. The maximum atomic E-state index is 13.4. The van der Waals surface area contributed by atoms with Crippen molar-refractivity contribution < 1.29 is 24.1 Å². The molecule has 1 aliphatic rings. The maximum Gasteiger partial charge on any atom is 0.336 e. The minimum absolute atomic E-state index is 0.128. The zero-order chi connectivity index (χ0) is 19.7. The largest absolute Gasteiger partial charge is 0.478 e. The van der Waals surface area contributed by atoms with Crippen LogP contribution in [-0.4, -0.2) is 22.5 Å². The van der Waals surface area contributed by atoms with Crippen molar-refractivity contribution in [3.05, 3.63) is 94.8 Å². The van der Waals surface area contributed by atoms with Gasteiger partial charge in [0.25, 0.3) is 0 Å². The first-order valence-corrected chi connectivity index (χ1v) is 8.77. The van der Waals surface area contributed by atoms with Gasteiger partial charge in [-0.05, 0) is 47.4 Å². The molecule has 1 unspecified atom stereocenters. The molecule has 28 heavy (non-hydrogen) atoms. The standard InChI is InChI=1S/C23H17FO4/c24-18-8-9-19(20(13-18)22(25)26)15-6-7-16-11-17(23(27)28-21(16)12-15)10-14-4-2-1-3-5-14/h1-9,11-13,23,27H,10H2,(H,25,26). The third-order valence-electron chi connectivity index (χ3n) is 4.68. The monoisotopic (exact) mass is 376 g/mol. The summed E-state index contributed by atoms with van der Waals surface area (Å²) in [5.74, 6) is -1.38. The number of hydrogen-bond donors (Lipinski definition) is 2. The van der Waals surface area contributed by atoms with Gasteiger partial charge >= 0.3 is 5.97 Å². The number of aliphatic hydroxyl groups is 1. The highest BCUT2D eigenvalue weighted by molar-refractivity contribution is 5.96. The molecule has 0 fully saturated rings. The van der Waals surface area contributed by atoms with E-state index in [1.165, 1.54) is 12.1 Å². The first-order valence-electron chi connectivity index (χ1n) is 8.77. The molecule has 140 valence electrons. The summed E-state index contributed by atoms with van der Waals surface area (Å²) in [6.07, 6.45) is 1.35. The maximum absolute atomic E-state index is 13.4. The summed E-state index contributed by atoms with van der Waals surface area (Å²) in [5.41, 5.74) is 3.42. The molecule has 3 aromatic carbocycles. The minimum Gasteiger partial charge on any atom is -0.478 e. The van der Waals surface area contributed by atoms with E-state index in [4.69, 9.17) is 4.74 Å². The fourth-order valence-electron chi connectivity index (χ4n) is 3.31. The summed E-state index contributed by atoms with van der Waals surface area (Å²) in [7, 11) is 0. The number of halogens is 1. The van der Waals surface area contributed by atoms with Crippen LogP contribution in [-0.2, 0) is 6.42 Å². The first kappa shape index (κ1) is 17.9. The van der Waals surface area contributed by atoms with Gasteiger partial charge in [0.2, 0.25) is 6.29 Å². The fourth-order valence-corrected chi connectivity index (χ4v) is 3.31. The third kappa shape index (κ3) is 3.52. The molecule has 0 aromatic heterocycles. The number of carboxylic acid groups (broad SMARTS) is 1. The molecule has 0 saturated carbocycles. The van der Waals surface area contributed by atoms with Crippen molar-refractivity contribution in [2.45, 2.75) is 12.7 Å². The Bertz CT molecular complexity index is 1070. The van der Waals surface area contributed by atoms with E-state index in [2.05, 4.69) is 0 Å². The van der Waals surface area contributed by atoms with Gasteiger partial charge in [0.15, 0.2) is 0 Å². The molecular formula is C23H17FO4.